The van der Waals surface area contributed by atoms with E-state index in [1.54, 1.807) is 0 Å². The van der Waals surface area contributed by atoms with Crippen LogP contribution in [0, 0.1) is 0 Å². The minimum absolute atomic E-state index is 0.233. The second-order valence-corrected chi connectivity index (χ2v) is 11.1. The molecule has 0 unspecified atom stereocenters. The van der Waals surface area contributed by atoms with E-state index in [4.69, 9.17) is 0 Å². The summed E-state index contributed by atoms with van der Waals surface area (Å²) in [6.07, 6.45) is 29.7. The van der Waals surface area contributed by atoms with Crippen LogP contribution in [0.2, 0.25) is 0 Å². The van der Waals surface area contributed by atoms with Gasteiger partial charge in [-0.3, -0.25) is 0 Å². The summed E-state index contributed by atoms with van der Waals surface area (Å²) in [6.45, 7) is 12.7. The maximum Gasteiger partial charge on any atom is 0.0786 e. The highest BCUT2D eigenvalue weighted by molar-refractivity contribution is 5.63. The third-order valence-electron chi connectivity index (χ3n) is 7.72. The van der Waals surface area contributed by atoms with Gasteiger partial charge in [-0.15, -0.1) is 0 Å². The van der Waals surface area contributed by atoms with E-state index in [1.807, 2.05) is 0 Å². The van der Waals surface area contributed by atoms with Crippen molar-refractivity contribution in [2.24, 2.45) is 0 Å². The number of aliphatic carboxylic acids is 1. The molecule has 0 rings (SSSR count). The number of hydrogen-bond donors (Lipinski definition) is 0. The third-order valence-corrected chi connectivity index (χ3v) is 7.72. The lowest BCUT2D eigenvalue weighted by molar-refractivity contribution is -0.929. The zero-order chi connectivity index (χ0) is 25.2. The van der Waals surface area contributed by atoms with Gasteiger partial charge in [0.1, 0.15) is 0 Å². The van der Waals surface area contributed by atoms with E-state index in [1.165, 1.54) is 159 Å². The fourth-order valence-electron chi connectivity index (χ4n) is 5.34. The smallest absolute Gasteiger partial charge is 0.0786 e. The lowest BCUT2D eigenvalue weighted by atomic mass is 10.0. The second-order valence-electron chi connectivity index (χ2n) is 11.1. The molecule has 0 aromatic carbocycles. The molecular weight excluding hydrogens is 418 g/mol. The van der Waals surface area contributed by atoms with Crippen molar-refractivity contribution in [2.45, 2.75) is 168 Å². The van der Waals surface area contributed by atoms with Gasteiger partial charge >= 0.3 is 0 Å². The summed E-state index contributed by atoms with van der Waals surface area (Å²) < 4.78 is 1.41. The van der Waals surface area contributed by atoms with Gasteiger partial charge in [0.05, 0.1) is 26.2 Å². The van der Waals surface area contributed by atoms with E-state index in [2.05, 4.69) is 20.8 Å². The van der Waals surface area contributed by atoms with Crippen molar-refractivity contribution >= 4 is 5.97 Å². The van der Waals surface area contributed by atoms with E-state index in [0.717, 1.165) is 12.8 Å². The predicted octanol–water partition coefficient (Wildman–Crippen LogP) is 8.59. The topological polar surface area (TPSA) is 40.1 Å². The fourth-order valence-corrected chi connectivity index (χ4v) is 5.34. The first-order valence-electron chi connectivity index (χ1n) is 15.6. The molecule has 0 spiro atoms. The SMILES string of the molecule is CCCC[N+](CCCC)(CCCC)CCCCCCCCCCCCCCCCCCC(=O)[O-]. The number of unbranched alkanes of at least 4 members (excludes halogenated alkanes) is 18. The van der Waals surface area contributed by atoms with Gasteiger partial charge in [0.15, 0.2) is 0 Å². The summed E-state index contributed by atoms with van der Waals surface area (Å²) >= 11 is 0. The Bertz CT molecular complexity index is 402. The van der Waals surface area contributed by atoms with Gasteiger partial charge in [0.25, 0.3) is 0 Å². The first-order valence-corrected chi connectivity index (χ1v) is 15.6. The Morgan fingerprint density at radius 1 is 0.441 bits per heavy atom. The summed E-state index contributed by atoms with van der Waals surface area (Å²) in [5.74, 6) is -0.899. The Hall–Kier alpha value is -0.570. The van der Waals surface area contributed by atoms with Crippen LogP contribution in [0.1, 0.15) is 168 Å². The number of carboxylic acids is 1. The minimum Gasteiger partial charge on any atom is -0.550 e. The summed E-state index contributed by atoms with van der Waals surface area (Å²) in [7, 11) is 0. The van der Waals surface area contributed by atoms with Crippen molar-refractivity contribution in [3.05, 3.63) is 0 Å². The number of hydrogen-bond acceptors (Lipinski definition) is 2. The highest BCUT2D eigenvalue weighted by Crippen LogP contribution is 2.18. The van der Waals surface area contributed by atoms with Crippen LogP contribution < -0.4 is 5.11 Å². The van der Waals surface area contributed by atoms with Crippen molar-refractivity contribution in [3.8, 4) is 0 Å². The predicted molar refractivity (Wildman–Crippen MR) is 148 cm³/mol. The number of carboxylic acid groups (broad SMARTS) is 1. The molecule has 0 N–H and O–H groups in total. The minimum atomic E-state index is -0.899. The number of rotatable bonds is 28. The molecule has 34 heavy (non-hydrogen) atoms. The Kier molecular flexibility index (Phi) is 25.1. The standard InChI is InChI=1S/C31H63NO2/c1-4-7-27-32(28-8-5-2,29-9-6-3)30-25-23-21-19-17-15-13-11-10-12-14-16-18-20-22-24-26-31(33)34/h4-30H2,1-3H3. The maximum absolute atomic E-state index is 10.4. The van der Waals surface area contributed by atoms with Crippen LogP contribution in [-0.4, -0.2) is 36.6 Å². The highest BCUT2D eigenvalue weighted by atomic mass is 16.4. The molecule has 0 saturated carbocycles. The van der Waals surface area contributed by atoms with Gasteiger partial charge in [-0.1, -0.05) is 124 Å². The summed E-state index contributed by atoms with van der Waals surface area (Å²) in [4.78, 5) is 10.4. The normalized spacial score (nSPS) is 11.9. The first kappa shape index (κ1) is 33.4. The van der Waals surface area contributed by atoms with Crippen molar-refractivity contribution < 1.29 is 14.4 Å². The summed E-state index contributed by atoms with van der Waals surface area (Å²) in [5.41, 5.74) is 0. The molecule has 0 atom stereocenters. The van der Waals surface area contributed by atoms with Crippen LogP contribution in [0.3, 0.4) is 0 Å². The van der Waals surface area contributed by atoms with Crippen LogP contribution in [0.25, 0.3) is 0 Å². The lowest BCUT2D eigenvalue weighted by Gasteiger charge is -2.39. The molecule has 0 amide bonds. The van der Waals surface area contributed by atoms with E-state index < -0.39 is 5.97 Å². The molecule has 0 fully saturated rings. The summed E-state index contributed by atoms with van der Waals surface area (Å²) in [5, 5.41) is 10.4. The van der Waals surface area contributed by atoms with Gasteiger partial charge in [-0.05, 0) is 44.9 Å². The quantitative estimate of drug-likeness (QED) is 0.0829. The van der Waals surface area contributed by atoms with E-state index in [9.17, 15) is 9.90 Å². The molecule has 0 heterocycles. The monoisotopic (exact) mass is 481 g/mol. The molecule has 0 aromatic rings. The molecule has 0 bridgehead atoms. The van der Waals surface area contributed by atoms with Gasteiger partial charge in [-0.2, -0.15) is 0 Å². The fraction of sp³-hybridized carbons (Fsp3) is 0.968. The molecule has 0 radical (unpaired) electrons. The van der Waals surface area contributed by atoms with Crippen molar-refractivity contribution in [2.75, 3.05) is 26.2 Å². The number of carbonyl (C=O) groups is 1. The second kappa shape index (κ2) is 25.5. The molecule has 0 saturated heterocycles. The average Bonchev–Trinajstić information content (AvgIpc) is 2.83. The number of carbonyl (C=O) groups excluding carboxylic acids is 1. The lowest BCUT2D eigenvalue weighted by Crippen LogP contribution is -2.50. The molecule has 0 aliphatic rings. The summed E-state index contributed by atoms with van der Waals surface area (Å²) in [6, 6.07) is 0. The molecule has 3 heteroatoms. The Morgan fingerprint density at radius 3 is 1.00 bits per heavy atom. The van der Waals surface area contributed by atoms with E-state index >= 15 is 0 Å². The van der Waals surface area contributed by atoms with Crippen molar-refractivity contribution in [1.82, 2.24) is 0 Å². The van der Waals surface area contributed by atoms with Crippen LogP contribution in [0.15, 0.2) is 0 Å². The van der Waals surface area contributed by atoms with Gasteiger partial charge in [0, 0.05) is 5.97 Å². The zero-order valence-electron chi connectivity index (χ0n) is 23.9. The van der Waals surface area contributed by atoms with E-state index in [-0.39, 0.29) is 6.42 Å². The Balaban J connectivity index is 3.62. The van der Waals surface area contributed by atoms with Crippen LogP contribution >= 0.6 is 0 Å². The van der Waals surface area contributed by atoms with Crippen LogP contribution in [0.5, 0.6) is 0 Å². The molecule has 0 aromatic heterocycles. The van der Waals surface area contributed by atoms with Crippen molar-refractivity contribution in [3.63, 3.8) is 0 Å². The molecule has 0 aliphatic heterocycles. The number of nitrogens with zero attached hydrogens (tertiary/aromatic N) is 1. The average molecular weight is 482 g/mol. The molecule has 0 aliphatic carbocycles. The molecule has 204 valence electrons. The van der Waals surface area contributed by atoms with Gasteiger partial charge < -0.3 is 14.4 Å². The van der Waals surface area contributed by atoms with Gasteiger partial charge in [0.2, 0.25) is 0 Å². The Morgan fingerprint density at radius 2 is 0.706 bits per heavy atom. The molecule has 3 nitrogen and oxygen atoms in total. The van der Waals surface area contributed by atoms with Gasteiger partial charge in [-0.25, -0.2) is 0 Å². The van der Waals surface area contributed by atoms with Crippen molar-refractivity contribution in [1.29, 1.82) is 0 Å². The molecular formula is C31H63NO2. The number of quaternary nitrogens is 1. The zero-order valence-corrected chi connectivity index (χ0v) is 23.9. The van der Waals surface area contributed by atoms with E-state index in [0.29, 0.717) is 0 Å². The largest absolute Gasteiger partial charge is 0.550 e. The maximum atomic E-state index is 10.4. The van der Waals surface area contributed by atoms with Crippen LogP contribution in [0.4, 0.5) is 0 Å². The third kappa shape index (κ3) is 21.9. The van der Waals surface area contributed by atoms with Crippen LogP contribution in [-0.2, 0) is 4.79 Å². The highest BCUT2D eigenvalue weighted by Gasteiger charge is 2.24. The first-order chi connectivity index (χ1) is 16.6. The Labute approximate surface area is 215 Å².